The fourth-order valence-corrected chi connectivity index (χ4v) is 1.23. The van der Waals surface area contributed by atoms with Gasteiger partial charge in [-0.1, -0.05) is 17.7 Å². The summed E-state index contributed by atoms with van der Waals surface area (Å²) >= 11 is 0. The molecule has 2 amide bonds. The lowest BCUT2D eigenvalue weighted by molar-refractivity contribution is -0.120. The fraction of sp³-hybridized carbons (Fsp3) is 0.333. The minimum atomic E-state index is -0.230. The van der Waals surface area contributed by atoms with Gasteiger partial charge in [-0.3, -0.25) is 9.59 Å². The number of nitrogens with one attached hydrogen (secondary N) is 2. The molecule has 1 aromatic carbocycles. The highest BCUT2D eigenvalue weighted by atomic mass is 16.2. The molecule has 2 N–H and O–H groups in total. The summed E-state index contributed by atoms with van der Waals surface area (Å²) in [5.74, 6) is -0.408. The van der Waals surface area contributed by atoms with Crippen LogP contribution in [0, 0.1) is 6.92 Å². The van der Waals surface area contributed by atoms with E-state index in [1.165, 1.54) is 0 Å². The summed E-state index contributed by atoms with van der Waals surface area (Å²) in [6.45, 7) is 4.37. The van der Waals surface area contributed by atoms with Crippen molar-refractivity contribution in [2.75, 3.05) is 13.1 Å². The highest BCUT2D eigenvalue weighted by Crippen LogP contribution is 2.02. The Morgan fingerprint density at radius 3 is 2.31 bits per heavy atom. The summed E-state index contributed by atoms with van der Waals surface area (Å²) in [7, 11) is 0. The second kappa shape index (κ2) is 5.90. The third-order valence-corrected chi connectivity index (χ3v) is 2.10. The predicted molar refractivity (Wildman–Crippen MR) is 62.2 cm³/mol. The molecule has 86 valence electrons. The third kappa shape index (κ3) is 3.73. The number of rotatable bonds is 4. The van der Waals surface area contributed by atoms with Gasteiger partial charge in [0.15, 0.2) is 0 Å². The number of carbonyl (C=O) groups excluding carboxylic acids is 2. The standard InChI is InChI=1S/C12H16N2O2/c1-3-13-11(15)8-14-12(16)10-6-4-9(2)5-7-10/h4-7H,3,8H2,1-2H3,(H,13,15)(H,14,16). The molecule has 0 spiro atoms. The lowest BCUT2D eigenvalue weighted by Crippen LogP contribution is -2.36. The average Bonchev–Trinajstić information content (AvgIpc) is 2.27. The second-order valence-corrected chi connectivity index (χ2v) is 3.50. The maximum absolute atomic E-state index is 11.6. The van der Waals surface area contributed by atoms with E-state index in [2.05, 4.69) is 10.6 Å². The molecule has 16 heavy (non-hydrogen) atoms. The van der Waals surface area contributed by atoms with Gasteiger partial charge in [0, 0.05) is 12.1 Å². The van der Waals surface area contributed by atoms with Crippen LogP contribution in [0.5, 0.6) is 0 Å². The molecule has 0 aliphatic rings. The van der Waals surface area contributed by atoms with E-state index in [9.17, 15) is 9.59 Å². The summed E-state index contributed by atoms with van der Waals surface area (Å²) in [6.07, 6.45) is 0. The van der Waals surface area contributed by atoms with E-state index in [0.717, 1.165) is 5.56 Å². The van der Waals surface area contributed by atoms with Crippen LogP contribution in [0.1, 0.15) is 22.8 Å². The maximum atomic E-state index is 11.6. The molecule has 0 heterocycles. The van der Waals surface area contributed by atoms with E-state index < -0.39 is 0 Å². The molecule has 0 fully saturated rings. The van der Waals surface area contributed by atoms with Crippen molar-refractivity contribution >= 4 is 11.8 Å². The average molecular weight is 220 g/mol. The van der Waals surface area contributed by atoms with Crippen molar-refractivity contribution in [1.29, 1.82) is 0 Å². The van der Waals surface area contributed by atoms with Gasteiger partial charge in [0.2, 0.25) is 5.91 Å². The summed E-state index contributed by atoms with van der Waals surface area (Å²) in [5, 5.41) is 5.16. The zero-order valence-electron chi connectivity index (χ0n) is 9.54. The molecule has 0 aliphatic heterocycles. The Hall–Kier alpha value is -1.84. The smallest absolute Gasteiger partial charge is 0.251 e. The van der Waals surface area contributed by atoms with Crippen molar-refractivity contribution in [3.8, 4) is 0 Å². The van der Waals surface area contributed by atoms with Crippen LogP contribution in [-0.4, -0.2) is 24.9 Å². The van der Waals surface area contributed by atoms with E-state index in [0.29, 0.717) is 12.1 Å². The van der Waals surface area contributed by atoms with Crippen LogP contribution in [-0.2, 0) is 4.79 Å². The molecular formula is C12H16N2O2. The highest BCUT2D eigenvalue weighted by Gasteiger charge is 2.06. The van der Waals surface area contributed by atoms with Gasteiger partial charge in [0.05, 0.1) is 6.54 Å². The molecule has 0 bridgehead atoms. The largest absolute Gasteiger partial charge is 0.355 e. The number of amides is 2. The Kier molecular flexibility index (Phi) is 4.51. The predicted octanol–water partition coefficient (Wildman–Crippen LogP) is 0.861. The van der Waals surface area contributed by atoms with Crippen molar-refractivity contribution in [3.63, 3.8) is 0 Å². The van der Waals surface area contributed by atoms with Crippen molar-refractivity contribution in [2.45, 2.75) is 13.8 Å². The number of benzene rings is 1. The van der Waals surface area contributed by atoms with E-state index in [1.54, 1.807) is 12.1 Å². The molecule has 0 atom stereocenters. The minimum absolute atomic E-state index is 0.0144. The lowest BCUT2D eigenvalue weighted by Gasteiger charge is -2.05. The molecule has 0 radical (unpaired) electrons. The van der Waals surface area contributed by atoms with E-state index >= 15 is 0 Å². The van der Waals surface area contributed by atoms with Crippen LogP contribution in [0.15, 0.2) is 24.3 Å². The highest BCUT2D eigenvalue weighted by molar-refractivity contribution is 5.96. The third-order valence-electron chi connectivity index (χ3n) is 2.10. The van der Waals surface area contributed by atoms with Gasteiger partial charge < -0.3 is 10.6 Å². The SMILES string of the molecule is CCNC(=O)CNC(=O)c1ccc(C)cc1. The fourth-order valence-electron chi connectivity index (χ4n) is 1.23. The summed E-state index contributed by atoms with van der Waals surface area (Å²) in [5.41, 5.74) is 1.66. The van der Waals surface area contributed by atoms with Gasteiger partial charge in [-0.25, -0.2) is 0 Å². The lowest BCUT2D eigenvalue weighted by atomic mass is 10.1. The molecule has 0 aromatic heterocycles. The number of hydrogen-bond acceptors (Lipinski definition) is 2. The van der Waals surface area contributed by atoms with Crippen LogP contribution >= 0.6 is 0 Å². The second-order valence-electron chi connectivity index (χ2n) is 3.50. The van der Waals surface area contributed by atoms with Gasteiger partial charge in [0.25, 0.3) is 5.91 Å². The molecule has 0 unspecified atom stereocenters. The Morgan fingerprint density at radius 2 is 1.75 bits per heavy atom. The molecule has 0 saturated carbocycles. The molecule has 0 saturated heterocycles. The van der Waals surface area contributed by atoms with Crippen LogP contribution in [0.3, 0.4) is 0 Å². The van der Waals surface area contributed by atoms with Crippen LogP contribution in [0.25, 0.3) is 0 Å². The topological polar surface area (TPSA) is 58.2 Å². The molecule has 1 rings (SSSR count). The molecule has 4 heteroatoms. The van der Waals surface area contributed by atoms with Crippen molar-refractivity contribution in [3.05, 3.63) is 35.4 Å². The molecule has 1 aromatic rings. The Labute approximate surface area is 95.0 Å². The van der Waals surface area contributed by atoms with Crippen LogP contribution in [0.2, 0.25) is 0 Å². The quantitative estimate of drug-likeness (QED) is 0.790. The molecule has 4 nitrogen and oxygen atoms in total. The van der Waals surface area contributed by atoms with Gasteiger partial charge in [-0.05, 0) is 26.0 Å². The summed E-state index contributed by atoms with van der Waals surface area (Å²) < 4.78 is 0. The van der Waals surface area contributed by atoms with Crippen molar-refractivity contribution < 1.29 is 9.59 Å². The molecule has 0 aliphatic carbocycles. The first-order chi connectivity index (χ1) is 7.63. The van der Waals surface area contributed by atoms with E-state index in [-0.39, 0.29) is 18.4 Å². The Balaban J connectivity index is 2.47. The van der Waals surface area contributed by atoms with Gasteiger partial charge in [0.1, 0.15) is 0 Å². The van der Waals surface area contributed by atoms with Gasteiger partial charge >= 0.3 is 0 Å². The number of aryl methyl sites for hydroxylation is 1. The zero-order chi connectivity index (χ0) is 12.0. The van der Waals surface area contributed by atoms with E-state index in [4.69, 9.17) is 0 Å². The first-order valence-corrected chi connectivity index (χ1v) is 5.25. The monoisotopic (exact) mass is 220 g/mol. The number of hydrogen-bond donors (Lipinski definition) is 2. The first kappa shape index (κ1) is 12.2. The Morgan fingerprint density at radius 1 is 1.12 bits per heavy atom. The summed E-state index contributed by atoms with van der Waals surface area (Å²) in [4.78, 5) is 22.7. The van der Waals surface area contributed by atoms with Gasteiger partial charge in [-0.2, -0.15) is 0 Å². The van der Waals surface area contributed by atoms with Crippen LogP contribution < -0.4 is 10.6 Å². The molecular weight excluding hydrogens is 204 g/mol. The van der Waals surface area contributed by atoms with Crippen molar-refractivity contribution in [1.82, 2.24) is 10.6 Å². The number of likely N-dealkylation sites (N-methyl/N-ethyl adjacent to an activating group) is 1. The normalized spacial score (nSPS) is 9.62. The van der Waals surface area contributed by atoms with Crippen LogP contribution in [0.4, 0.5) is 0 Å². The first-order valence-electron chi connectivity index (χ1n) is 5.25. The van der Waals surface area contributed by atoms with Crippen molar-refractivity contribution in [2.24, 2.45) is 0 Å². The number of carbonyl (C=O) groups is 2. The summed E-state index contributed by atoms with van der Waals surface area (Å²) in [6, 6.07) is 7.20. The van der Waals surface area contributed by atoms with E-state index in [1.807, 2.05) is 26.0 Å². The zero-order valence-corrected chi connectivity index (χ0v) is 9.54. The minimum Gasteiger partial charge on any atom is -0.355 e. The van der Waals surface area contributed by atoms with Gasteiger partial charge in [-0.15, -0.1) is 0 Å². The maximum Gasteiger partial charge on any atom is 0.251 e. The Bertz CT molecular complexity index is 371.